The third-order valence-electron chi connectivity index (χ3n) is 2.39. The smallest absolute Gasteiger partial charge is 0.250 e. The van der Waals surface area contributed by atoms with Crippen molar-refractivity contribution in [1.29, 1.82) is 0 Å². The maximum atomic E-state index is 11.0. The standard InChI is InChI=1S/C11H17N3O/c1-3-7(2)14-9-6-4-5-8(10(9)12)11(13)15/h4-7,14H,3,12H2,1-2H3,(H2,13,15). The van der Waals surface area contributed by atoms with Crippen LogP contribution in [0.4, 0.5) is 11.4 Å². The number of amides is 1. The third kappa shape index (κ3) is 2.62. The molecule has 1 aromatic carbocycles. The van der Waals surface area contributed by atoms with E-state index < -0.39 is 5.91 Å². The van der Waals surface area contributed by atoms with Gasteiger partial charge in [-0.25, -0.2) is 0 Å². The van der Waals surface area contributed by atoms with Crippen molar-refractivity contribution in [2.45, 2.75) is 26.3 Å². The van der Waals surface area contributed by atoms with E-state index in [4.69, 9.17) is 11.5 Å². The molecule has 0 aliphatic carbocycles. The molecule has 4 nitrogen and oxygen atoms in total. The van der Waals surface area contributed by atoms with Crippen LogP contribution in [-0.2, 0) is 0 Å². The zero-order valence-corrected chi connectivity index (χ0v) is 9.08. The van der Waals surface area contributed by atoms with Crippen molar-refractivity contribution in [3.05, 3.63) is 23.8 Å². The van der Waals surface area contributed by atoms with Crippen LogP contribution >= 0.6 is 0 Å². The number of nitrogens with two attached hydrogens (primary N) is 2. The first-order valence-electron chi connectivity index (χ1n) is 5.01. The molecule has 5 N–H and O–H groups in total. The largest absolute Gasteiger partial charge is 0.396 e. The average Bonchev–Trinajstić information content (AvgIpc) is 2.20. The van der Waals surface area contributed by atoms with Gasteiger partial charge in [0.2, 0.25) is 0 Å². The number of anilines is 2. The molecule has 82 valence electrons. The summed E-state index contributed by atoms with van der Waals surface area (Å²) in [5.41, 5.74) is 12.6. The van der Waals surface area contributed by atoms with Crippen LogP contribution in [0.25, 0.3) is 0 Å². The number of hydrogen-bond acceptors (Lipinski definition) is 3. The van der Waals surface area contributed by atoms with E-state index in [1.54, 1.807) is 12.1 Å². The maximum absolute atomic E-state index is 11.0. The van der Waals surface area contributed by atoms with Gasteiger partial charge in [0, 0.05) is 6.04 Å². The quantitative estimate of drug-likeness (QED) is 0.655. The molecule has 1 aromatic rings. The molecule has 0 heterocycles. The van der Waals surface area contributed by atoms with Gasteiger partial charge < -0.3 is 16.8 Å². The second kappa shape index (κ2) is 4.68. The summed E-state index contributed by atoms with van der Waals surface area (Å²) in [5.74, 6) is -0.500. The summed E-state index contributed by atoms with van der Waals surface area (Å²) in [4.78, 5) is 11.0. The number of hydrogen-bond donors (Lipinski definition) is 3. The molecular weight excluding hydrogens is 190 g/mol. The first-order chi connectivity index (χ1) is 7.06. The Bertz CT molecular complexity index is 363. The van der Waals surface area contributed by atoms with Crippen LogP contribution in [-0.4, -0.2) is 11.9 Å². The lowest BCUT2D eigenvalue weighted by atomic mass is 10.1. The predicted molar refractivity (Wildman–Crippen MR) is 62.7 cm³/mol. The molecule has 0 radical (unpaired) electrons. The summed E-state index contributed by atoms with van der Waals surface area (Å²) in [6, 6.07) is 5.55. The molecular formula is C11H17N3O. The van der Waals surface area contributed by atoms with E-state index >= 15 is 0 Å². The van der Waals surface area contributed by atoms with Gasteiger partial charge in [-0.2, -0.15) is 0 Å². The number of nitrogen functional groups attached to an aromatic ring is 1. The Morgan fingerprint density at radius 2 is 2.20 bits per heavy atom. The van der Waals surface area contributed by atoms with Crippen LogP contribution in [0.2, 0.25) is 0 Å². The van der Waals surface area contributed by atoms with Crippen molar-refractivity contribution >= 4 is 17.3 Å². The van der Waals surface area contributed by atoms with E-state index in [0.717, 1.165) is 12.1 Å². The Labute approximate surface area is 89.6 Å². The fourth-order valence-corrected chi connectivity index (χ4v) is 1.27. The average molecular weight is 207 g/mol. The molecule has 1 unspecified atom stereocenters. The third-order valence-corrected chi connectivity index (χ3v) is 2.39. The molecule has 1 rings (SSSR count). The number of para-hydroxylation sites is 1. The molecule has 0 bridgehead atoms. The number of primary amides is 1. The summed E-state index contributed by atoms with van der Waals surface area (Å²) in [6.07, 6.45) is 0.986. The highest BCUT2D eigenvalue weighted by atomic mass is 16.1. The highest BCUT2D eigenvalue weighted by molar-refractivity contribution is 6.00. The summed E-state index contributed by atoms with van der Waals surface area (Å²) in [5, 5.41) is 3.22. The van der Waals surface area contributed by atoms with Crippen LogP contribution in [0, 0.1) is 0 Å². The SMILES string of the molecule is CCC(C)Nc1cccc(C(N)=O)c1N. The van der Waals surface area contributed by atoms with Crippen LogP contribution in [0.1, 0.15) is 30.6 Å². The van der Waals surface area contributed by atoms with Gasteiger partial charge >= 0.3 is 0 Å². The molecule has 0 saturated heterocycles. The van der Waals surface area contributed by atoms with E-state index in [1.165, 1.54) is 0 Å². The molecule has 15 heavy (non-hydrogen) atoms. The topological polar surface area (TPSA) is 81.1 Å². The Balaban J connectivity index is 2.99. The van der Waals surface area contributed by atoms with Crippen molar-refractivity contribution < 1.29 is 4.79 Å². The van der Waals surface area contributed by atoms with Crippen molar-refractivity contribution in [2.75, 3.05) is 11.1 Å². The van der Waals surface area contributed by atoms with Gasteiger partial charge in [-0.05, 0) is 25.5 Å². The minimum absolute atomic E-state index is 0.315. The normalized spacial score (nSPS) is 12.1. The number of carbonyl (C=O) groups is 1. The number of carbonyl (C=O) groups excluding carboxylic acids is 1. The monoisotopic (exact) mass is 207 g/mol. The lowest BCUT2D eigenvalue weighted by Gasteiger charge is -2.16. The number of benzene rings is 1. The zero-order chi connectivity index (χ0) is 11.4. The fraction of sp³-hybridized carbons (Fsp3) is 0.364. The Morgan fingerprint density at radius 1 is 1.53 bits per heavy atom. The highest BCUT2D eigenvalue weighted by Gasteiger charge is 2.10. The lowest BCUT2D eigenvalue weighted by Crippen LogP contribution is -2.18. The summed E-state index contributed by atoms with van der Waals surface area (Å²) >= 11 is 0. The van der Waals surface area contributed by atoms with Gasteiger partial charge in [0.1, 0.15) is 0 Å². The minimum Gasteiger partial charge on any atom is -0.396 e. The number of rotatable bonds is 4. The second-order valence-electron chi connectivity index (χ2n) is 3.58. The fourth-order valence-electron chi connectivity index (χ4n) is 1.27. The summed E-state index contributed by atoms with van der Waals surface area (Å²) in [6.45, 7) is 4.13. The molecule has 1 atom stereocenters. The zero-order valence-electron chi connectivity index (χ0n) is 9.08. The van der Waals surface area contributed by atoms with Gasteiger partial charge in [0.05, 0.1) is 16.9 Å². The van der Waals surface area contributed by atoms with Crippen molar-refractivity contribution in [3.8, 4) is 0 Å². The van der Waals surface area contributed by atoms with Crippen molar-refractivity contribution in [3.63, 3.8) is 0 Å². The summed E-state index contributed by atoms with van der Waals surface area (Å²) < 4.78 is 0. The first-order valence-corrected chi connectivity index (χ1v) is 5.01. The van der Waals surface area contributed by atoms with E-state index in [1.807, 2.05) is 6.07 Å². The van der Waals surface area contributed by atoms with E-state index in [-0.39, 0.29) is 0 Å². The first kappa shape index (κ1) is 11.4. The van der Waals surface area contributed by atoms with Gasteiger partial charge in [-0.3, -0.25) is 4.79 Å². The molecule has 4 heteroatoms. The second-order valence-corrected chi connectivity index (χ2v) is 3.58. The molecule has 0 spiro atoms. The van der Waals surface area contributed by atoms with E-state index in [2.05, 4.69) is 19.2 Å². The van der Waals surface area contributed by atoms with Gasteiger partial charge in [-0.15, -0.1) is 0 Å². The molecule has 0 aromatic heterocycles. The Hall–Kier alpha value is -1.71. The molecule has 0 fully saturated rings. The lowest BCUT2D eigenvalue weighted by molar-refractivity contribution is 0.100. The molecule has 0 saturated carbocycles. The van der Waals surface area contributed by atoms with E-state index in [9.17, 15) is 4.79 Å². The maximum Gasteiger partial charge on any atom is 0.250 e. The predicted octanol–water partition coefficient (Wildman–Crippen LogP) is 1.58. The van der Waals surface area contributed by atoms with Crippen LogP contribution in [0.3, 0.4) is 0 Å². The molecule has 0 aliphatic rings. The van der Waals surface area contributed by atoms with Crippen molar-refractivity contribution in [1.82, 2.24) is 0 Å². The van der Waals surface area contributed by atoms with Gasteiger partial charge in [0.15, 0.2) is 0 Å². The Morgan fingerprint density at radius 3 is 2.73 bits per heavy atom. The molecule has 0 aliphatic heterocycles. The Kier molecular flexibility index (Phi) is 3.55. The van der Waals surface area contributed by atoms with Gasteiger partial charge in [0.25, 0.3) is 5.91 Å². The van der Waals surface area contributed by atoms with E-state index in [0.29, 0.717) is 17.3 Å². The number of nitrogens with one attached hydrogen (secondary N) is 1. The minimum atomic E-state index is -0.500. The summed E-state index contributed by atoms with van der Waals surface area (Å²) in [7, 11) is 0. The van der Waals surface area contributed by atoms with Gasteiger partial charge in [-0.1, -0.05) is 13.0 Å². The van der Waals surface area contributed by atoms with Crippen molar-refractivity contribution in [2.24, 2.45) is 5.73 Å². The van der Waals surface area contributed by atoms with Crippen LogP contribution in [0.5, 0.6) is 0 Å². The molecule has 1 amide bonds. The highest BCUT2D eigenvalue weighted by Crippen LogP contribution is 2.23. The van der Waals surface area contributed by atoms with Crippen LogP contribution < -0.4 is 16.8 Å². The van der Waals surface area contributed by atoms with Crippen LogP contribution in [0.15, 0.2) is 18.2 Å².